The molecule has 1 unspecified atom stereocenters. The number of ketones is 1. The van der Waals surface area contributed by atoms with Crippen LogP contribution in [0.1, 0.15) is 20.8 Å². The first-order chi connectivity index (χ1) is 11.7. The number of aromatic nitrogens is 2. The summed E-state index contributed by atoms with van der Waals surface area (Å²) in [6, 6.07) is 3.12. The topological polar surface area (TPSA) is 124 Å². The molecule has 0 aliphatic carbocycles. The van der Waals surface area contributed by atoms with E-state index in [-0.39, 0.29) is 29.3 Å². The van der Waals surface area contributed by atoms with Crippen LogP contribution in [-0.2, 0) is 16.1 Å². The molecule has 25 heavy (non-hydrogen) atoms. The Balaban J connectivity index is 2.30. The number of nitro benzene ring substituents is 1. The van der Waals surface area contributed by atoms with E-state index in [9.17, 15) is 24.5 Å². The van der Waals surface area contributed by atoms with Crippen LogP contribution in [0.25, 0.3) is 10.9 Å². The monoisotopic (exact) mass is 346 g/mol. The maximum absolute atomic E-state index is 12.4. The van der Waals surface area contributed by atoms with E-state index in [2.05, 4.69) is 10.3 Å². The molecular formula is C16H18N4O5. The molecule has 132 valence electrons. The Morgan fingerprint density at radius 3 is 2.60 bits per heavy atom. The molecule has 9 nitrogen and oxygen atoms in total. The van der Waals surface area contributed by atoms with Crippen molar-refractivity contribution in [3.63, 3.8) is 0 Å². The third-order valence-corrected chi connectivity index (χ3v) is 3.75. The SMILES string of the molecule is CC(=O)C(NC(=O)Cn1cnc2ccc([N+](=O)[O-])cc2c1=O)C(C)C. The molecule has 0 spiro atoms. The second-order valence-corrected chi connectivity index (χ2v) is 6.04. The largest absolute Gasteiger partial charge is 0.344 e. The van der Waals surface area contributed by atoms with Gasteiger partial charge < -0.3 is 5.32 Å². The minimum absolute atomic E-state index is 0.0523. The summed E-state index contributed by atoms with van der Waals surface area (Å²) in [7, 11) is 0. The molecule has 0 bridgehead atoms. The van der Waals surface area contributed by atoms with Crippen LogP contribution in [0.2, 0.25) is 0 Å². The highest BCUT2D eigenvalue weighted by Gasteiger charge is 2.21. The molecule has 0 aliphatic heterocycles. The average molecular weight is 346 g/mol. The van der Waals surface area contributed by atoms with Crippen molar-refractivity contribution in [2.24, 2.45) is 5.92 Å². The van der Waals surface area contributed by atoms with Crippen LogP contribution in [0, 0.1) is 16.0 Å². The minimum atomic E-state index is -0.641. The van der Waals surface area contributed by atoms with Crippen molar-refractivity contribution >= 4 is 28.3 Å². The molecule has 0 saturated heterocycles. The molecule has 0 fully saturated rings. The lowest BCUT2D eigenvalue weighted by Gasteiger charge is -2.19. The van der Waals surface area contributed by atoms with E-state index in [1.165, 1.54) is 25.4 Å². The zero-order chi connectivity index (χ0) is 18.7. The van der Waals surface area contributed by atoms with Gasteiger partial charge in [-0.05, 0) is 18.9 Å². The lowest BCUT2D eigenvalue weighted by molar-refractivity contribution is -0.384. The van der Waals surface area contributed by atoms with Crippen LogP contribution in [0.5, 0.6) is 0 Å². The Kier molecular flexibility index (Phi) is 5.26. The zero-order valence-corrected chi connectivity index (χ0v) is 14.1. The number of carbonyl (C=O) groups is 2. The molecule has 0 aliphatic rings. The predicted molar refractivity (Wildman–Crippen MR) is 90.1 cm³/mol. The fraction of sp³-hybridized carbons (Fsp3) is 0.375. The molecule has 2 rings (SSSR count). The van der Waals surface area contributed by atoms with Gasteiger partial charge in [0.25, 0.3) is 11.2 Å². The molecular weight excluding hydrogens is 328 g/mol. The van der Waals surface area contributed by atoms with E-state index < -0.39 is 22.4 Å². The van der Waals surface area contributed by atoms with Crippen molar-refractivity contribution in [3.05, 3.63) is 45.0 Å². The summed E-state index contributed by atoms with van der Waals surface area (Å²) < 4.78 is 1.05. The average Bonchev–Trinajstić information content (AvgIpc) is 2.54. The van der Waals surface area contributed by atoms with Gasteiger partial charge in [0.05, 0.1) is 28.2 Å². The van der Waals surface area contributed by atoms with E-state index in [1.54, 1.807) is 13.8 Å². The van der Waals surface area contributed by atoms with E-state index >= 15 is 0 Å². The standard InChI is InChI=1S/C16H18N4O5/c1-9(2)15(10(3)21)18-14(22)7-19-8-17-13-5-4-11(20(24)25)6-12(13)16(19)23/h4-6,8-9,15H,7H2,1-3H3,(H,18,22). The first kappa shape index (κ1) is 18.2. The molecule has 1 aromatic carbocycles. The van der Waals surface area contributed by atoms with Crippen molar-refractivity contribution in [1.29, 1.82) is 0 Å². The van der Waals surface area contributed by atoms with Crippen molar-refractivity contribution in [2.45, 2.75) is 33.4 Å². The zero-order valence-electron chi connectivity index (χ0n) is 14.1. The van der Waals surface area contributed by atoms with Gasteiger partial charge in [0.1, 0.15) is 6.54 Å². The third-order valence-electron chi connectivity index (χ3n) is 3.75. The molecule has 1 amide bonds. The number of amides is 1. The summed E-state index contributed by atoms with van der Waals surface area (Å²) in [4.78, 5) is 50.4. The highest BCUT2D eigenvalue weighted by molar-refractivity contribution is 5.87. The summed E-state index contributed by atoms with van der Waals surface area (Å²) in [5.41, 5.74) is -0.492. The van der Waals surface area contributed by atoms with Gasteiger partial charge in [-0.15, -0.1) is 0 Å². The number of nitrogens with zero attached hydrogens (tertiary/aromatic N) is 3. The van der Waals surface area contributed by atoms with Crippen LogP contribution in [0.15, 0.2) is 29.3 Å². The van der Waals surface area contributed by atoms with E-state index in [0.29, 0.717) is 5.52 Å². The van der Waals surface area contributed by atoms with Gasteiger partial charge >= 0.3 is 0 Å². The quantitative estimate of drug-likeness (QED) is 0.615. The number of hydrogen-bond acceptors (Lipinski definition) is 6. The molecule has 1 atom stereocenters. The Morgan fingerprint density at radius 1 is 1.36 bits per heavy atom. The Bertz CT molecular complexity index is 903. The smallest absolute Gasteiger partial charge is 0.270 e. The van der Waals surface area contributed by atoms with Crippen LogP contribution < -0.4 is 10.9 Å². The lowest BCUT2D eigenvalue weighted by atomic mass is 10.0. The summed E-state index contributed by atoms with van der Waals surface area (Å²) in [6.07, 6.45) is 1.20. The number of benzene rings is 1. The molecule has 1 heterocycles. The Hall–Kier alpha value is -3.10. The molecule has 1 N–H and O–H groups in total. The fourth-order valence-corrected chi connectivity index (χ4v) is 2.48. The second-order valence-electron chi connectivity index (χ2n) is 6.04. The van der Waals surface area contributed by atoms with Gasteiger partial charge in [0, 0.05) is 12.1 Å². The number of nitro groups is 1. The molecule has 2 aromatic rings. The van der Waals surface area contributed by atoms with Crippen LogP contribution in [-0.4, -0.2) is 32.2 Å². The predicted octanol–water partition coefficient (Wildman–Crippen LogP) is 1.03. The minimum Gasteiger partial charge on any atom is -0.344 e. The summed E-state index contributed by atoms with van der Waals surface area (Å²) in [5, 5.41) is 13.5. The highest BCUT2D eigenvalue weighted by Crippen LogP contribution is 2.16. The van der Waals surface area contributed by atoms with Crippen molar-refractivity contribution in [1.82, 2.24) is 14.9 Å². The molecule has 9 heteroatoms. The van der Waals surface area contributed by atoms with Crippen molar-refractivity contribution in [2.75, 3.05) is 0 Å². The first-order valence-corrected chi connectivity index (χ1v) is 7.64. The van der Waals surface area contributed by atoms with Gasteiger partial charge in [-0.2, -0.15) is 0 Å². The van der Waals surface area contributed by atoms with Crippen LogP contribution >= 0.6 is 0 Å². The van der Waals surface area contributed by atoms with Crippen molar-refractivity contribution in [3.8, 4) is 0 Å². The summed E-state index contributed by atoms with van der Waals surface area (Å²) in [6.45, 7) is 4.65. The number of non-ortho nitro benzene ring substituents is 1. The fourth-order valence-electron chi connectivity index (χ4n) is 2.48. The first-order valence-electron chi connectivity index (χ1n) is 7.64. The third kappa shape index (κ3) is 4.06. The Morgan fingerprint density at radius 2 is 2.04 bits per heavy atom. The van der Waals surface area contributed by atoms with Gasteiger partial charge in [0.15, 0.2) is 5.78 Å². The van der Waals surface area contributed by atoms with Gasteiger partial charge in [-0.1, -0.05) is 13.8 Å². The number of Topliss-reactive ketones (excluding diaryl/α,β-unsaturated/α-hetero) is 1. The summed E-state index contributed by atoms with van der Waals surface area (Å²) in [5.74, 6) is -0.777. The van der Waals surface area contributed by atoms with Gasteiger partial charge in [-0.25, -0.2) is 4.98 Å². The van der Waals surface area contributed by atoms with Crippen molar-refractivity contribution < 1.29 is 14.5 Å². The molecule has 0 radical (unpaired) electrons. The summed E-state index contributed by atoms with van der Waals surface area (Å²) >= 11 is 0. The van der Waals surface area contributed by atoms with Gasteiger partial charge in [0.2, 0.25) is 5.91 Å². The Labute approximate surface area is 142 Å². The maximum Gasteiger partial charge on any atom is 0.270 e. The number of rotatable bonds is 6. The van der Waals surface area contributed by atoms with Gasteiger partial charge in [-0.3, -0.25) is 29.1 Å². The van der Waals surface area contributed by atoms with E-state index in [1.807, 2.05) is 0 Å². The number of fused-ring (bicyclic) bond motifs is 1. The number of nitrogens with one attached hydrogen (secondary N) is 1. The molecule has 1 aromatic heterocycles. The highest BCUT2D eigenvalue weighted by atomic mass is 16.6. The van der Waals surface area contributed by atoms with Crippen LogP contribution in [0.4, 0.5) is 5.69 Å². The second kappa shape index (κ2) is 7.20. The normalized spacial score (nSPS) is 12.2. The van der Waals surface area contributed by atoms with Crippen LogP contribution in [0.3, 0.4) is 0 Å². The van der Waals surface area contributed by atoms with E-state index in [4.69, 9.17) is 0 Å². The number of carbonyl (C=O) groups excluding carboxylic acids is 2. The lowest BCUT2D eigenvalue weighted by Crippen LogP contribution is -2.45. The molecule has 0 saturated carbocycles. The van der Waals surface area contributed by atoms with E-state index in [0.717, 1.165) is 10.6 Å². The maximum atomic E-state index is 12.4. The number of hydrogen-bond donors (Lipinski definition) is 1.